The summed E-state index contributed by atoms with van der Waals surface area (Å²) in [5, 5.41) is 0. The monoisotopic (exact) mass is 432 g/mol. The number of rotatable bonds is 7. The molecular weight excluding hydrogens is 411 g/mol. The lowest BCUT2D eigenvalue weighted by Crippen LogP contribution is -2.25. The second-order valence-electron chi connectivity index (χ2n) is 7.13. The van der Waals surface area contributed by atoms with E-state index in [1.165, 1.54) is 40.7 Å². The zero-order chi connectivity index (χ0) is 21.5. The van der Waals surface area contributed by atoms with Crippen LogP contribution in [0.5, 0.6) is 0 Å². The Morgan fingerprint density at radius 1 is 1.37 bits per heavy atom. The van der Waals surface area contributed by atoms with Crippen LogP contribution in [0, 0.1) is 0 Å². The van der Waals surface area contributed by atoms with Gasteiger partial charge in [0.05, 0.1) is 17.1 Å². The van der Waals surface area contributed by atoms with E-state index >= 15 is 0 Å². The number of sulfonamides is 1. The molecule has 0 saturated heterocycles. The fourth-order valence-electron chi connectivity index (χ4n) is 3.24. The molecule has 0 unspecified atom stereocenters. The van der Waals surface area contributed by atoms with Gasteiger partial charge in [-0.05, 0) is 31.1 Å². The van der Waals surface area contributed by atoms with E-state index in [1.807, 2.05) is 0 Å². The Morgan fingerprint density at radius 3 is 2.83 bits per heavy atom. The number of allylic oxidation sites excluding steroid dienone is 1. The van der Waals surface area contributed by atoms with E-state index in [-0.39, 0.29) is 29.7 Å². The summed E-state index contributed by atoms with van der Waals surface area (Å²) in [4.78, 5) is 21.2. The zero-order valence-corrected chi connectivity index (χ0v) is 17.1. The van der Waals surface area contributed by atoms with Gasteiger partial charge in [-0.25, -0.2) is 32.3 Å². The maximum atomic E-state index is 14.0. The van der Waals surface area contributed by atoms with Gasteiger partial charge in [-0.3, -0.25) is 9.13 Å². The highest BCUT2D eigenvalue weighted by atomic mass is 32.2. The fourth-order valence-corrected chi connectivity index (χ4v) is 4.59. The van der Waals surface area contributed by atoms with Gasteiger partial charge in [0.2, 0.25) is 10.0 Å². The first kappa shape index (κ1) is 20.4. The van der Waals surface area contributed by atoms with Gasteiger partial charge in [-0.15, -0.1) is 0 Å². The van der Waals surface area contributed by atoms with E-state index in [2.05, 4.69) is 14.7 Å². The molecule has 1 fully saturated rings. The van der Waals surface area contributed by atoms with Crippen molar-refractivity contribution in [1.29, 1.82) is 0 Å². The molecular formula is C19H21FN6O3S. The van der Waals surface area contributed by atoms with Gasteiger partial charge in [0.15, 0.2) is 5.65 Å². The first-order chi connectivity index (χ1) is 14.3. The number of nitrogens with one attached hydrogen (secondary N) is 1. The van der Waals surface area contributed by atoms with Crippen LogP contribution in [0.15, 0.2) is 52.2 Å². The molecule has 0 spiro atoms. The van der Waals surface area contributed by atoms with Crippen molar-refractivity contribution in [2.24, 2.45) is 12.8 Å². The van der Waals surface area contributed by atoms with Crippen LogP contribution < -0.4 is 16.1 Å². The van der Waals surface area contributed by atoms with Gasteiger partial charge in [0.25, 0.3) is 0 Å². The van der Waals surface area contributed by atoms with Crippen LogP contribution in [0.2, 0.25) is 0 Å². The predicted molar refractivity (Wildman–Crippen MR) is 110 cm³/mol. The summed E-state index contributed by atoms with van der Waals surface area (Å²) in [6.45, 7) is -0.286. The van der Waals surface area contributed by atoms with Crippen molar-refractivity contribution in [3.63, 3.8) is 0 Å². The third-order valence-electron chi connectivity index (χ3n) is 4.88. The third-order valence-corrected chi connectivity index (χ3v) is 6.40. The number of hydrogen-bond acceptors (Lipinski definition) is 6. The molecule has 158 valence electrons. The highest BCUT2D eigenvalue weighted by molar-refractivity contribution is 7.89. The van der Waals surface area contributed by atoms with E-state index in [0.29, 0.717) is 16.8 Å². The highest BCUT2D eigenvalue weighted by Gasteiger charge is 2.28. The van der Waals surface area contributed by atoms with E-state index in [9.17, 15) is 17.6 Å². The van der Waals surface area contributed by atoms with Crippen molar-refractivity contribution in [3.8, 4) is 11.3 Å². The number of hydrogen-bond donors (Lipinski definition) is 2. The molecule has 0 bridgehead atoms. The smallest absolute Gasteiger partial charge is 0.327 e. The number of aryl methyl sites for hydroxylation is 1. The molecule has 1 saturated carbocycles. The summed E-state index contributed by atoms with van der Waals surface area (Å²) in [5.74, 6) is -0.550. The van der Waals surface area contributed by atoms with Crippen LogP contribution in [-0.2, 0) is 23.6 Å². The van der Waals surface area contributed by atoms with Gasteiger partial charge >= 0.3 is 5.69 Å². The zero-order valence-electron chi connectivity index (χ0n) is 16.2. The normalized spacial score (nSPS) is 15.1. The van der Waals surface area contributed by atoms with Crippen LogP contribution in [-0.4, -0.2) is 40.1 Å². The molecule has 1 aliphatic carbocycles. The minimum Gasteiger partial charge on any atom is -0.327 e. The number of halogens is 1. The number of aromatic nitrogens is 4. The minimum atomic E-state index is -3.65. The van der Waals surface area contributed by atoms with Crippen LogP contribution >= 0.6 is 0 Å². The molecule has 3 N–H and O–H groups in total. The molecule has 1 aromatic carbocycles. The lowest BCUT2D eigenvalue weighted by molar-refractivity contribution is 0.546. The number of fused-ring (bicyclic) bond motifs is 1. The Bertz CT molecular complexity index is 1310. The van der Waals surface area contributed by atoms with E-state index in [0.717, 1.165) is 12.8 Å². The fraction of sp³-hybridized carbons (Fsp3) is 0.316. The first-order valence-electron chi connectivity index (χ1n) is 9.39. The second kappa shape index (κ2) is 7.74. The Labute approximate surface area is 172 Å². The topological polar surface area (TPSA) is 125 Å². The summed E-state index contributed by atoms with van der Waals surface area (Å²) in [6.07, 6.45) is 4.11. The lowest BCUT2D eigenvalue weighted by atomic mass is 10.1. The molecule has 2 aromatic heterocycles. The van der Waals surface area contributed by atoms with Crippen LogP contribution in [0.4, 0.5) is 4.39 Å². The Morgan fingerprint density at radius 2 is 2.13 bits per heavy atom. The Hall–Kier alpha value is -2.89. The average molecular weight is 432 g/mol. The van der Waals surface area contributed by atoms with Crippen molar-refractivity contribution in [1.82, 2.24) is 23.8 Å². The van der Waals surface area contributed by atoms with Crippen LogP contribution in [0.3, 0.4) is 0 Å². The second-order valence-corrected chi connectivity index (χ2v) is 8.85. The molecule has 4 rings (SSSR count). The molecule has 0 atom stereocenters. The molecule has 1 aliphatic rings. The maximum absolute atomic E-state index is 14.0. The SMILES string of the molecule is Cn1c(=O)n(CC(F)=CCN)c2ncnc(-c3cccc(S(=O)(=O)NC4CC4)c3)c21. The number of nitrogens with zero attached hydrogens (tertiary/aromatic N) is 4. The molecule has 9 nitrogen and oxygen atoms in total. The third kappa shape index (κ3) is 3.78. The van der Waals surface area contributed by atoms with Crippen LogP contribution in [0.25, 0.3) is 22.4 Å². The molecule has 0 radical (unpaired) electrons. The maximum Gasteiger partial charge on any atom is 0.330 e. The average Bonchev–Trinajstić information content (AvgIpc) is 3.50. The van der Waals surface area contributed by atoms with Crippen molar-refractivity contribution < 1.29 is 12.8 Å². The summed E-state index contributed by atoms with van der Waals surface area (Å²) in [5.41, 5.74) is 6.38. The molecule has 11 heteroatoms. The van der Waals surface area contributed by atoms with Crippen molar-refractivity contribution >= 4 is 21.2 Å². The summed E-state index contributed by atoms with van der Waals surface area (Å²) < 4.78 is 44.3. The van der Waals surface area contributed by atoms with Gasteiger partial charge in [0, 0.05) is 25.2 Å². The molecule has 2 heterocycles. The summed E-state index contributed by atoms with van der Waals surface area (Å²) >= 11 is 0. The van der Waals surface area contributed by atoms with Gasteiger partial charge in [-0.1, -0.05) is 12.1 Å². The standard InChI is InChI=1S/C19H21FN6O3S/c1-25-17-16(12-3-2-4-15(9-12)30(28,29)24-14-5-6-14)22-11-23-18(17)26(19(25)27)10-13(20)7-8-21/h2-4,7,9,11,14,24H,5-6,8,10,21H2,1H3. The van der Waals surface area contributed by atoms with Gasteiger partial charge in [-0.2, -0.15) is 0 Å². The van der Waals surface area contributed by atoms with Gasteiger partial charge in [0.1, 0.15) is 17.7 Å². The van der Waals surface area contributed by atoms with Gasteiger partial charge < -0.3 is 5.73 Å². The number of nitrogens with two attached hydrogens (primary N) is 1. The largest absolute Gasteiger partial charge is 0.330 e. The van der Waals surface area contributed by atoms with E-state index in [1.54, 1.807) is 12.1 Å². The number of benzene rings is 1. The quantitative estimate of drug-likeness (QED) is 0.575. The highest BCUT2D eigenvalue weighted by Crippen LogP contribution is 2.28. The predicted octanol–water partition coefficient (Wildman–Crippen LogP) is 1.05. The van der Waals surface area contributed by atoms with Crippen molar-refractivity contribution in [2.45, 2.75) is 30.3 Å². The Kier molecular flexibility index (Phi) is 5.26. The minimum absolute atomic E-state index is 0.0156. The van der Waals surface area contributed by atoms with E-state index < -0.39 is 21.5 Å². The molecule has 0 aliphatic heterocycles. The lowest BCUT2D eigenvalue weighted by Gasteiger charge is -2.08. The molecule has 3 aromatic rings. The summed E-state index contributed by atoms with van der Waals surface area (Å²) in [7, 11) is -2.12. The Balaban J connectivity index is 1.84. The molecule has 30 heavy (non-hydrogen) atoms. The molecule has 0 amide bonds. The number of imidazole rings is 1. The first-order valence-corrected chi connectivity index (χ1v) is 10.9. The van der Waals surface area contributed by atoms with Crippen molar-refractivity contribution in [3.05, 3.63) is 53.0 Å². The van der Waals surface area contributed by atoms with E-state index in [4.69, 9.17) is 5.73 Å². The summed E-state index contributed by atoms with van der Waals surface area (Å²) in [6, 6.07) is 6.31. The van der Waals surface area contributed by atoms with Crippen LogP contribution in [0.1, 0.15) is 12.8 Å². The van der Waals surface area contributed by atoms with Crippen molar-refractivity contribution in [2.75, 3.05) is 6.54 Å².